The van der Waals surface area contributed by atoms with Gasteiger partial charge in [-0.25, -0.2) is 0 Å². The van der Waals surface area contributed by atoms with Crippen LogP contribution in [-0.4, -0.2) is 18.6 Å². The highest BCUT2D eigenvalue weighted by Gasteiger charge is 2.27. The number of benzene rings is 1. The van der Waals surface area contributed by atoms with Crippen molar-refractivity contribution in [2.45, 2.75) is 12.5 Å². The topological polar surface area (TPSA) is 47.3 Å². The first-order chi connectivity index (χ1) is 7.86. The number of ether oxygens (including phenoxy) is 1. The van der Waals surface area contributed by atoms with Gasteiger partial charge in [0.05, 0.1) is 13.2 Å². The predicted molar refractivity (Wildman–Crippen MR) is 68.5 cm³/mol. The Kier molecular flexibility index (Phi) is 4.09. The van der Waals surface area contributed by atoms with Crippen LogP contribution in [0.15, 0.2) is 24.3 Å². The van der Waals surface area contributed by atoms with Gasteiger partial charge in [-0.05, 0) is 29.9 Å². The molecule has 1 fully saturated rings. The van der Waals surface area contributed by atoms with E-state index in [1.165, 1.54) is 23.5 Å². The van der Waals surface area contributed by atoms with Crippen molar-refractivity contribution in [2.24, 2.45) is 11.8 Å². The molecule has 16 heavy (non-hydrogen) atoms. The number of hydrazine groups is 1. The van der Waals surface area contributed by atoms with Gasteiger partial charge in [0.25, 0.3) is 0 Å². The summed E-state index contributed by atoms with van der Waals surface area (Å²) >= 11 is 2.00. The van der Waals surface area contributed by atoms with Gasteiger partial charge in [0.1, 0.15) is 5.75 Å². The standard InChI is InChI=1S/C12H18N2OS/c1-15-11-5-3-2-4-10(11)12(14-13)9-6-7-16-8-9/h2-5,9,12,14H,6-8,13H2,1H3. The minimum absolute atomic E-state index is 0.200. The first-order valence-electron chi connectivity index (χ1n) is 5.53. The maximum absolute atomic E-state index is 5.69. The van der Waals surface area contributed by atoms with Crippen molar-refractivity contribution in [2.75, 3.05) is 18.6 Å². The summed E-state index contributed by atoms with van der Waals surface area (Å²) in [7, 11) is 1.70. The van der Waals surface area contributed by atoms with Gasteiger partial charge in [-0.3, -0.25) is 11.3 Å². The van der Waals surface area contributed by atoms with Crippen LogP contribution in [0.4, 0.5) is 0 Å². The molecule has 0 radical (unpaired) electrons. The van der Waals surface area contributed by atoms with Crippen LogP contribution >= 0.6 is 11.8 Å². The van der Waals surface area contributed by atoms with E-state index in [0.717, 1.165) is 5.75 Å². The van der Waals surface area contributed by atoms with Crippen LogP contribution in [-0.2, 0) is 0 Å². The number of hydrogen-bond acceptors (Lipinski definition) is 4. The van der Waals surface area contributed by atoms with E-state index in [9.17, 15) is 0 Å². The number of methoxy groups -OCH3 is 1. The van der Waals surface area contributed by atoms with Crippen LogP contribution in [0.3, 0.4) is 0 Å². The minimum Gasteiger partial charge on any atom is -0.496 e. The second-order valence-electron chi connectivity index (χ2n) is 4.01. The van der Waals surface area contributed by atoms with Crippen LogP contribution in [0, 0.1) is 5.92 Å². The second-order valence-corrected chi connectivity index (χ2v) is 5.16. The largest absolute Gasteiger partial charge is 0.496 e. The lowest BCUT2D eigenvalue weighted by molar-refractivity contribution is 0.364. The number of rotatable bonds is 4. The molecule has 0 saturated carbocycles. The fraction of sp³-hybridized carbons (Fsp3) is 0.500. The number of nitrogens with two attached hydrogens (primary N) is 1. The van der Waals surface area contributed by atoms with Crippen molar-refractivity contribution in [1.29, 1.82) is 0 Å². The maximum Gasteiger partial charge on any atom is 0.123 e. The Balaban J connectivity index is 2.24. The molecule has 1 aromatic rings. The van der Waals surface area contributed by atoms with E-state index < -0.39 is 0 Å². The first kappa shape index (κ1) is 11.8. The van der Waals surface area contributed by atoms with E-state index in [1.807, 2.05) is 30.0 Å². The molecule has 2 rings (SSSR count). The molecule has 2 unspecified atom stereocenters. The molecule has 0 spiro atoms. The quantitative estimate of drug-likeness (QED) is 0.622. The normalized spacial score (nSPS) is 22.0. The summed E-state index contributed by atoms with van der Waals surface area (Å²) in [5.74, 6) is 9.62. The van der Waals surface area contributed by atoms with Gasteiger partial charge in [0, 0.05) is 5.56 Å². The van der Waals surface area contributed by atoms with Crippen molar-refractivity contribution >= 4 is 11.8 Å². The van der Waals surface area contributed by atoms with E-state index in [4.69, 9.17) is 10.6 Å². The summed E-state index contributed by atoms with van der Waals surface area (Å²) in [6.45, 7) is 0. The predicted octanol–water partition coefficient (Wildman–Crippen LogP) is 1.95. The Bertz CT molecular complexity index is 340. The molecular formula is C12H18N2OS. The van der Waals surface area contributed by atoms with Crippen molar-refractivity contribution in [1.82, 2.24) is 5.43 Å². The van der Waals surface area contributed by atoms with Crippen LogP contribution < -0.4 is 16.0 Å². The molecule has 1 aromatic carbocycles. The summed E-state index contributed by atoms with van der Waals surface area (Å²) in [5.41, 5.74) is 4.11. The molecule has 4 heteroatoms. The van der Waals surface area contributed by atoms with Crippen LogP contribution in [0.2, 0.25) is 0 Å². The molecule has 1 aliphatic heterocycles. The second kappa shape index (κ2) is 5.57. The Hall–Kier alpha value is -0.710. The lowest BCUT2D eigenvalue weighted by Crippen LogP contribution is -2.33. The number of para-hydroxylation sites is 1. The third-order valence-electron chi connectivity index (χ3n) is 3.09. The van der Waals surface area contributed by atoms with Crippen LogP contribution in [0.25, 0.3) is 0 Å². The van der Waals surface area contributed by atoms with Gasteiger partial charge < -0.3 is 4.74 Å². The lowest BCUT2D eigenvalue weighted by Gasteiger charge is -2.24. The summed E-state index contributed by atoms with van der Waals surface area (Å²) in [5, 5.41) is 0. The summed E-state index contributed by atoms with van der Waals surface area (Å²) in [6.07, 6.45) is 1.22. The van der Waals surface area contributed by atoms with Gasteiger partial charge in [-0.2, -0.15) is 11.8 Å². The van der Waals surface area contributed by atoms with E-state index >= 15 is 0 Å². The van der Waals surface area contributed by atoms with Gasteiger partial charge >= 0.3 is 0 Å². The Labute approximate surface area is 101 Å². The number of nitrogens with one attached hydrogen (secondary N) is 1. The molecule has 88 valence electrons. The average Bonchev–Trinajstić information content (AvgIpc) is 2.84. The molecule has 0 amide bonds. The summed E-state index contributed by atoms with van der Waals surface area (Å²) < 4.78 is 5.39. The highest BCUT2D eigenvalue weighted by Crippen LogP contribution is 2.36. The third-order valence-corrected chi connectivity index (χ3v) is 4.28. The van der Waals surface area contributed by atoms with E-state index in [1.54, 1.807) is 7.11 Å². The van der Waals surface area contributed by atoms with Gasteiger partial charge in [-0.15, -0.1) is 0 Å². The average molecular weight is 238 g/mol. The van der Waals surface area contributed by atoms with E-state index in [2.05, 4.69) is 11.5 Å². The van der Waals surface area contributed by atoms with Gasteiger partial charge in [0.15, 0.2) is 0 Å². The first-order valence-corrected chi connectivity index (χ1v) is 6.69. The van der Waals surface area contributed by atoms with Crippen molar-refractivity contribution in [3.63, 3.8) is 0 Å². The molecule has 2 atom stereocenters. The molecule has 0 bridgehead atoms. The lowest BCUT2D eigenvalue weighted by atomic mass is 9.92. The molecule has 0 aliphatic carbocycles. The summed E-state index contributed by atoms with van der Waals surface area (Å²) in [6, 6.07) is 8.30. The Morgan fingerprint density at radius 2 is 2.31 bits per heavy atom. The molecule has 3 nitrogen and oxygen atoms in total. The van der Waals surface area contributed by atoms with Crippen molar-refractivity contribution in [3.05, 3.63) is 29.8 Å². The number of hydrogen-bond donors (Lipinski definition) is 2. The molecule has 1 aliphatic rings. The van der Waals surface area contributed by atoms with Gasteiger partial charge in [0.2, 0.25) is 0 Å². The fourth-order valence-electron chi connectivity index (χ4n) is 2.22. The van der Waals surface area contributed by atoms with Crippen molar-refractivity contribution < 1.29 is 4.74 Å². The molecule has 1 heterocycles. The molecular weight excluding hydrogens is 220 g/mol. The monoisotopic (exact) mass is 238 g/mol. The Morgan fingerprint density at radius 1 is 1.50 bits per heavy atom. The van der Waals surface area contributed by atoms with E-state index in [0.29, 0.717) is 5.92 Å². The van der Waals surface area contributed by atoms with Crippen LogP contribution in [0.1, 0.15) is 18.0 Å². The fourth-order valence-corrected chi connectivity index (χ4v) is 3.52. The zero-order valence-electron chi connectivity index (χ0n) is 9.48. The van der Waals surface area contributed by atoms with Gasteiger partial charge in [-0.1, -0.05) is 18.2 Å². The smallest absolute Gasteiger partial charge is 0.123 e. The maximum atomic E-state index is 5.69. The van der Waals surface area contributed by atoms with E-state index in [-0.39, 0.29) is 6.04 Å². The highest BCUT2D eigenvalue weighted by molar-refractivity contribution is 7.99. The third kappa shape index (κ3) is 2.34. The zero-order chi connectivity index (χ0) is 11.4. The molecule has 3 N–H and O–H groups in total. The number of thioether (sulfide) groups is 1. The zero-order valence-corrected chi connectivity index (χ0v) is 10.3. The summed E-state index contributed by atoms with van der Waals surface area (Å²) in [4.78, 5) is 0. The van der Waals surface area contributed by atoms with Crippen molar-refractivity contribution in [3.8, 4) is 5.75 Å². The molecule has 0 aromatic heterocycles. The molecule has 1 saturated heterocycles. The SMILES string of the molecule is COc1ccccc1C(NN)C1CCSC1. The highest BCUT2D eigenvalue weighted by atomic mass is 32.2. The Morgan fingerprint density at radius 3 is 2.94 bits per heavy atom. The van der Waals surface area contributed by atoms with Crippen LogP contribution in [0.5, 0.6) is 5.75 Å². The minimum atomic E-state index is 0.200.